The molecule has 1 aliphatic heterocycles. The molecule has 2 aromatic carbocycles. The van der Waals surface area contributed by atoms with Gasteiger partial charge in [-0.1, -0.05) is 18.9 Å². The van der Waals surface area contributed by atoms with Crippen LogP contribution in [0.5, 0.6) is 0 Å². The van der Waals surface area contributed by atoms with Crippen LogP contribution in [0.1, 0.15) is 36.0 Å². The van der Waals surface area contributed by atoms with Gasteiger partial charge in [-0.3, -0.25) is 4.79 Å². The fraction of sp³-hybridized carbons (Fsp3) is 0.381. The van der Waals surface area contributed by atoms with Gasteiger partial charge < -0.3 is 5.32 Å². The van der Waals surface area contributed by atoms with Crippen molar-refractivity contribution >= 4 is 31.6 Å². The smallest absolute Gasteiger partial charge is 0.255 e. The van der Waals surface area contributed by atoms with Crippen LogP contribution in [-0.4, -0.2) is 58.5 Å². The summed E-state index contributed by atoms with van der Waals surface area (Å²) in [6.07, 6.45) is 3.70. The number of rotatable bonds is 6. The number of carbonyl (C=O) groups excluding carboxylic acids is 1. The largest absolute Gasteiger partial charge is 0.322 e. The highest BCUT2D eigenvalue weighted by Gasteiger charge is 2.26. The Kier molecular flexibility index (Phi) is 7.15. The van der Waals surface area contributed by atoms with Crippen molar-refractivity contribution in [1.29, 1.82) is 0 Å². The zero-order valence-electron chi connectivity index (χ0n) is 17.6. The topological polar surface area (TPSA) is 104 Å². The predicted molar refractivity (Wildman–Crippen MR) is 119 cm³/mol. The Morgan fingerprint density at radius 1 is 0.871 bits per heavy atom. The van der Waals surface area contributed by atoms with Gasteiger partial charge in [0.1, 0.15) is 0 Å². The predicted octanol–water partition coefficient (Wildman–Crippen LogP) is 2.75. The molecule has 0 aliphatic carbocycles. The van der Waals surface area contributed by atoms with E-state index in [9.17, 15) is 21.6 Å². The maximum Gasteiger partial charge on any atom is 0.255 e. The molecule has 1 saturated heterocycles. The van der Waals surface area contributed by atoms with Crippen LogP contribution in [0.15, 0.2) is 58.3 Å². The van der Waals surface area contributed by atoms with Crippen LogP contribution in [0.2, 0.25) is 0 Å². The SMILES string of the molecule is CN(C)S(=O)(=O)c1ccc(NC(=O)c2cccc(S(=O)(=O)N3CCCCCC3)c2)cc1. The molecule has 10 heteroatoms. The van der Waals surface area contributed by atoms with Crippen LogP contribution in [0.25, 0.3) is 0 Å². The number of carbonyl (C=O) groups is 1. The molecule has 0 atom stereocenters. The quantitative estimate of drug-likeness (QED) is 0.706. The summed E-state index contributed by atoms with van der Waals surface area (Å²) in [5, 5.41) is 2.68. The van der Waals surface area contributed by atoms with E-state index in [4.69, 9.17) is 0 Å². The normalized spacial score (nSPS) is 16.1. The number of sulfonamides is 2. The summed E-state index contributed by atoms with van der Waals surface area (Å²) >= 11 is 0. The van der Waals surface area contributed by atoms with Gasteiger partial charge in [0.25, 0.3) is 5.91 Å². The summed E-state index contributed by atoms with van der Waals surface area (Å²) in [7, 11) is -4.34. The zero-order valence-corrected chi connectivity index (χ0v) is 19.2. The van der Waals surface area contributed by atoms with E-state index >= 15 is 0 Å². The average Bonchev–Trinajstić information content (AvgIpc) is 3.04. The Balaban J connectivity index is 1.77. The van der Waals surface area contributed by atoms with Crippen LogP contribution in [0, 0.1) is 0 Å². The molecule has 0 radical (unpaired) electrons. The first-order valence-corrected chi connectivity index (χ1v) is 12.9. The van der Waals surface area contributed by atoms with Gasteiger partial charge in [0.15, 0.2) is 0 Å². The molecule has 1 aliphatic rings. The third kappa shape index (κ3) is 5.32. The summed E-state index contributed by atoms with van der Waals surface area (Å²) < 4.78 is 52.9. The van der Waals surface area contributed by atoms with Crippen LogP contribution < -0.4 is 5.32 Å². The molecule has 31 heavy (non-hydrogen) atoms. The lowest BCUT2D eigenvalue weighted by molar-refractivity contribution is 0.102. The van der Waals surface area contributed by atoms with Crippen molar-refractivity contribution in [2.75, 3.05) is 32.5 Å². The molecule has 1 N–H and O–H groups in total. The highest BCUT2D eigenvalue weighted by Crippen LogP contribution is 2.22. The van der Waals surface area contributed by atoms with Crippen LogP contribution in [0.3, 0.4) is 0 Å². The van der Waals surface area contributed by atoms with Crippen LogP contribution in [0.4, 0.5) is 5.69 Å². The van der Waals surface area contributed by atoms with Gasteiger partial charge in [0.05, 0.1) is 9.79 Å². The van der Waals surface area contributed by atoms with Crippen molar-refractivity contribution in [3.05, 3.63) is 54.1 Å². The van der Waals surface area contributed by atoms with Crippen molar-refractivity contribution in [3.63, 3.8) is 0 Å². The van der Waals surface area contributed by atoms with Crippen molar-refractivity contribution in [2.24, 2.45) is 0 Å². The minimum Gasteiger partial charge on any atom is -0.322 e. The average molecular weight is 466 g/mol. The third-order valence-electron chi connectivity index (χ3n) is 5.19. The fourth-order valence-electron chi connectivity index (χ4n) is 3.35. The lowest BCUT2D eigenvalue weighted by atomic mass is 10.2. The maximum absolute atomic E-state index is 13.0. The van der Waals surface area contributed by atoms with Crippen molar-refractivity contribution in [2.45, 2.75) is 35.5 Å². The van der Waals surface area contributed by atoms with E-state index in [0.29, 0.717) is 18.8 Å². The standard InChI is InChI=1S/C21H27N3O5S2/c1-23(2)30(26,27)19-12-10-18(11-13-19)22-21(25)17-8-7-9-20(16-17)31(28,29)24-14-5-3-4-6-15-24/h7-13,16H,3-6,14-15H2,1-2H3,(H,22,25). The Morgan fingerprint density at radius 3 is 2.06 bits per heavy atom. The van der Waals surface area contributed by atoms with E-state index in [2.05, 4.69) is 5.32 Å². The molecule has 3 rings (SSSR count). The summed E-state index contributed by atoms with van der Waals surface area (Å²) in [6.45, 7) is 0.974. The lowest BCUT2D eigenvalue weighted by Crippen LogP contribution is -2.32. The molecule has 0 aromatic heterocycles. The number of benzene rings is 2. The summed E-state index contributed by atoms with van der Waals surface area (Å²) in [6, 6.07) is 11.8. The molecular weight excluding hydrogens is 438 g/mol. The Hall–Kier alpha value is -2.27. The van der Waals surface area contributed by atoms with Gasteiger partial charge in [-0.2, -0.15) is 4.31 Å². The Bertz CT molecular complexity index is 1140. The van der Waals surface area contributed by atoms with E-state index in [1.165, 1.54) is 54.8 Å². The zero-order chi connectivity index (χ0) is 22.6. The van der Waals surface area contributed by atoms with Crippen molar-refractivity contribution < 1.29 is 21.6 Å². The molecule has 0 bridgehead atoms. The number of nitrogens with one attached hydrogen (secondary N) is 1. The van der Waals surface area contributed by atoms with Gasteiger partial charge in [-0.05, 0) is 55.3 Å². The molecule has 1 fully saturated rings. The Labute approximate surface area is 184 Å². The molecule has 8 nitrogen and oxygen atoms in total. The highest BCUT2D eigenvalue weighted by molar-refractivity contribution is 7.89. The van der Waals surface area contributed by atoms with E-state index in [1.807, 2.05) is 0 Å². The van der Waals surface area contributed by atoms with Crippen molar-refractivity contribution in [1.82, 2.24) is 8.61 Å². The number of anilines is 1. The molecule has 1 heterocycles. The number of nitrogens with zero attached hydrogens (tertiary/aromatic N) is 2. The fourth-order valence-corrected chi connectivity index (χ4v) is 5.82. The second kappa shape index (κ2) is 9.47. The van der Waals surface area contributed by atoms with E-state index in [0.717, 1.165) is 30.0 Å². The number of amides is 1. The highest BCUT2D eigenvalue weighted by atomic mass is 32.2. The van der Waals surface area contributed by atoms with Crippen LogP contribution >= 0.6 is 0 Å². The van der Waals surface area contributed by atoms with E-state index in [-0.39, 0.29) is 15.4 Å². The second-order valence-corrected chi connectivity index (χ2v) is 11.7. The maximum atomic E-state index is 13.0. The molecule has 0 unspecified atom stereocenters. The molecule has 168 valence electrons. The molecule has 2 aromatic rings. The second-order valence-electron chi connectivity index (χ2n) is 7.61. The number of hydrogen-bond donors (Lipinski definition) is 1. The summed E-state index contributed by atoms with van der Waals surface area (Å²) in [5.41, 5.74) is 0.615. The molecule has 1 amide bonds. The Morgan fingerprint density at radius 2 is 1.48 bits per heavy atom. The molecular formula is C21H27N3O5S2. The minimum absolute atomic E-state index is 0.0921. The van der Waals surface area contributed by atoms with Gasteiger partial charge in [0.2, 0.25) is 20.0 Å². The van der Waals surface area contributed by atoms with Crippen LogP contribution in [-0.2, 0) is 20.0 Å². The first-order chi connectivity index (χ1) is 14.6. The van der Waals surface area contributed by atoms with Gasteiger partial charge >= 0.3 is 0 Å². The van der Waals surface area contributed by atoms with Crippen molar-refractivity contribution in [3.8, 4) is 0 Å². The monoisotopic (exact) mass is 465 g/mol. The third-order valence-corrected chi connectivity index (χ3v) is 8.91. The molecule has 0 spiro atoms. The molecule has 0 saturated carbocycles. The van der Waals surface area contributed by atoms with Gasteiger partial charge in [-0.25, -0.2) is 21.1 Å². The first-order valence-electron chi connectivity index (χ1n) is 10.1. The van der Waals surface area contributed by atoms with E-state index < -0.39 is 26.0 Å². The van der Waals surface area contributed by atoms with E-state index in [1.54, 1.807) is 12.1 Å². The number of hydrogen-bond acceptors (Lipinski definition) is 5. The minimum atomic E-state index is -3.66. The summed E-state index contributed by atoms with van der Waals surface area (Å²) in [4.78, 5) is 12.9. The van der Waals surface area contributed by atoms with Gasteiger partial charge in [0, 0.05) is 38.4 Å². The summed E-state index contributed by atoms with van der Waals surface area (Å²) in [5.74, 6) is -0.476. The lowest BCUT2D eigenvalue weighted by Gasteiger charge is -2.20. The first kappa shape index (κ1) is 23.4. The van der Waals surface area contributed by atoms with Gasteiger partial charge in [-0.15, -0.1) is 0 Å².